The van der Waals surface area contributed by atoms with Crippen LogP contribution in [0.2, 0.25) is 0 Å². The first-order valence-electron chi connectivity index (χ1n) is 11.0. The molecule has 0 radical (unpaired) electrons. The van der Waals surface area contributed by atoms with Crippen molar-refractivity contribution in [2.45, 2.75) is 31.9 Å². The molecule has 212 valence electrons. The van der Waals surface area contributed by atoms with E-state index in [0.29, 0.717) is 0 Å². The maximum absolute atomic E-state index is 10.6. The lowest BCUT2D eigenvalue weighted by Crippen LogP contribution is -2.27. The van der Waals surface area contributed by atoms with Gasteiger partial charge in [-0.1, -0.05) is 18.2 Å². The number of methoxy groups -OCH3 is 1. The van der Waals surface area contributed by atoms with Gasteiger partial charge in [-0.05, 0) is 24.3 Å². The van der Waals surface area contributed by atoms with Gasteiger partial charge in [0.05, 0.1) is 19.3 Å². The molecule has 1 aliphatic heterocycles. The van der Waals surface area contributed by atoms with Gasteiger partial charge in [0.25, 0.3) is 0 Å². The van der Waals surface area contributed by atoms with E-state index in [2.05, 4.69) is 16.0 Å². The molecule has 0 amide bonds. The molecular weight excluding hydrogens is 540 g/mol. The SMILES string of the molecule is COc1cccc(-c2nc3n(n2)CCN(Cc2ccccn2)CC3)c1.O=C(O)C(F)(F)F.O=C(O)C(F)(F)F. The van der Waals surface area contributed by atoms with Crippen LogP contribution in [0.1, 0.15) is 11.5 Å². The van der Waals surface area contributed by atoms with Gasteiger partial charge in [-0.15, -0.1) is 0 Å². The van der Waals surface area contributed by atoms with Gasteiger partial charge in [0.2, 0.25) is 0 Å². The lowest BCUT2D eigenvalue weighted by molar-refractivity contribution is -0.193. The van der Waals surface area contributed by atoms with Gasteiger partial charge in [0.15, 0.2) is 5.82 Å². The second-order valence-electron chi connectivity index (χ2n) is 7.76. The molecule has 0 bridgehead atoms. The van der Waals surface area contributed by atoms with E-state index < -0.39 is 24.3 Å². The minimum Gasteiger partial charge on any atom is -0.497 e. The number of halogens is 6. The van der Waals surface area contributed by atoms with E-state index in [1.165, 1.54) is 0 Å². The predicted octanol–water partition coefficient (Wildman–Crippen LogP) is 3.67. The summed E-state index contributed by atoms with van der Waals surface area (Å²) in [4.78, 5) is 29.4. The van der Waals surface area contributed by atoms with Crippen LogP contribution in [-0.2, 0) is 29.1 Å². The molecule has 2 aromatic heterocycles. The van der Waals surface area contributed by atoms with Crippen molar-refractivity contribution in [3.63, 3.8) is 0 Å². The van der Waals surface area contributed by atoms with Crippen molar-refractivity contribution in [2.75, 3.05) is 20.2 Å². The number of hydrogen-bond donors (Lipinski definition) is 2. The number of pyridine rings is 1. The highest BCUT2D eigenvalue weighted by atomic mass is 19.4. The third-order valence-corrected chi connectivity index (χ3v) is 4.95. The molecule has 39 heavy (non-hydrogen) atoms. The number of carboxylic acid groups (broad SMARTS) is 2. The van der Waals surface area contributed by atoms with Gasteiger partial charge in [-0.25, -0.2) is 19.3 Å². The lowest BCUT2D eigenvalue weighted by atomic mass is 10.2. The Morgan fingerprint density at radius 1 is 0.949 bits per heavy atom. The number of aromatic nitrogens is 4. The number of ether oxygens (including phenoxy) is 1. The summed E-state index contributed by atoms with van der Waals surface area (Å²) in [6.07, 6.45) is -7.43. The minimum atomic E-state index is -5.08. The van der Waals surface area contributed by atoms with Crippen molar-refractivity contribution in [1.29, 1.82) is 0 Å². The molecule has 0 aliphatic carbocycles. The topological polar surface area (TPSA) is 131 Å². The van der Waals surface area contributed by atoms with Crippen molar-refractivity contribution < 1.29 is 50.9 Å². The van der Waals surface area contributed by atoms with Crippen molar-refractivity contribution in [1.82, 2.24) is 24.6 Å². The van der Waals surface area contributed by atoms with Gasteiger partial charge in [0, 0.05) is 37.8 Å². The Morgan fingerprint density at radius 2 is 1.59 bits per heavy atom. The molecule has 0 saturated heterocycles. The molecule has 1 aromatic carbocycles. The fourth-order valence-electron chi connectivity index (χ4n) is 3.11. The smallest absolute Gasteiger partial charge is 0.490 e. The zero-order valence-electron chi connectivity index (χ0n) is 20.3. The maximum Gasteiger partial charge on any atom is 0.490 e. The van der Waals surface area contributed by atoms with Gasteiger partial charge in [0.1, 0.15) is 11.6 Å². The minimum absolute atomic E-state index is 0.770. The third-order valence-electron chi connectivity index (χ3n) is 4.95. The average molecular weight is 563 g/mol. The summed E-state index contributed by atoms with van der Waals surface area (Å²) in [5.41, 5.74) is 2.09. The number of rotatable bonds is 4. The van der Waals surface area contributed by atoms with Crippen LogP contribution in [-0.4, -0.2) is 79.4 Å². The van der Waals surface area contributed by atoms with E-state index in [-0.39, 0.29) is 0 Å². The molecule has 16 heteroatoms. The summed E-state index contributed by atoms with van der Waals surface area (Å²) in [5, 5.41) is 19.0. The van der Waals surface area contributed by atoms with E-state index in [1.54, 1.807) is 7.11 Å². The molecule has 3 heterocycles. The number of benzene rings is 1. The number of alkyl halides is 6. The normalized spacial score (nSPS) is 13.5. The molecule has 4 rings (SSSR count). The molecule has 0 atom stereocenters. The first-order chi connectivity index (χ1) is 18.2. The molecular formula is C23H23F6N5O5. The fraction of sp³-hybridized carbons (Fsp3) is 0.348. The van der Waals surface area contributed by atoms with E-state index in [4.69, 9.17) is 34.6 Å². The Balaban J connectivity index is 0.000000317. The molecule has 3 aromatic rings. The van der Waals surface area contributed by atoms with Crippen molar-refractivity contribution in [3.8, 4) is 17.1 Å². The Kier molecular flexibility index (Phi) is 10.8. The van der Waals surface area contributed by atoms with Crippen molar-refractivity contribution in [3.05, 3.63) is 60.2 Å². The molecule has 0 unspecified atom stereocenters. The second-order valence-corrected chi connectivity index (χ2v) is 7.76. The van der Waals surface area contributed by atoms with Crippen LogP contribution in [0.5, 0.6) is 5.75 Å². The van der Waals surface area contributed by atoms with Gasteiger partial charge >= 0.3 is 24.3 Å². The van der Waals surface area contributed by atoms with Gasteiger partial charge in [-0.2, -0.15) is 31.4 Å². The number of carboxylic acids is 2. The lowest BCUT2D eigenvalue weighted by Gasteiger charge is -2.18. The van der Waals surface area contributed by atoms with Crippen LogP contribution in [0, 0.1) is 0 Å². The Labute approximate surface area is 217 Å². The van der Waals surface area contributed by atoms with Crippen LogP contribution in [0.25, 0.3) is 11.4 Å². The quantitative estimate of drug-likeness (QED) is 0.457. The molecule has 0 fully saturated rings. The average Bonchev–Trinajstić information content (AvgIpc) is 3.20. The Morgan fingerprint density at radius 3 is 2.13 bits per heavy atom. The summed E-state index contributed by atoms with van der Waals surface area (Å²) in [5.74, 6) is -2.88. The largest absolute Gasteiger partial charge is 0.497 e. The predicted molar refractivity (Wildman–Crippen MR) is 123 cm³/mol. The third kappa shape index (κ3) is 10.2. The fourth-order valence-corrected chi connectivity index (χ4v) is 3.11. The van der Waals surface area contributed by atoms with Crippen LogP contribution in [0.4, 0.5) is 26.3 Å². The Hall–Kier alpha value is -4.21. The molecule has 1 aliphatic rings. The van der Waals surface area contributed by atoms with Crippen LogP contribution in [0.3, 0.4) is 0 Å². The number of nitrogens with zero attached hydrogens (tertiary/aromatic N) is 5. The van der Waals surface area contributed by atoms with Gasteiger partial charge < -0.3 is 14.9 Å². The standard InChI is InChI=1S/C19H21N5O.2C2HF3O2/c1-25-17-7-4-5-15(13-17)19-21-18-8-10-23(11-12-24(18)22-19)14-16-6-2-3-9-20-16;2*3-2(4,5)1(6)7/h2-7,9,13H,8,10-12,14H2,1H3;2*(H,6,7). The highest BCUT2D eigenvalue weighted by Crippen LogP contribution is 2.22. The number of fused-ring (bicyclic) bond motifs is 1. The van der Waals surface area contributed by atoms with Crippen molar-refractivity contribution >= 4 is 11.9 Å². The summed E-state index contributed by atoms with van der Waals surface area (Å²) >= 11 is 0. The van der Waals surface area contributed by atoms with Gasteiger partial charge in [-0.3, -0.25) is 9.88 Å². The summed E-state index contributed by atoms with van der Waals surface area (Å²) in [7, 11) is 1.67. The van der Waals surface area contributed by atoms with Crippen LogP contribution in [0.15, 0.2) is 48.7 Å². The van der Waals surface area contributed by atoms with E-state index in [1.807, 2.05) is 47.3 Å². The molecule has 2 N–H and O–H groups in total. The molecule has 0 spiro atoms. The summed E-state index contributed by atoms with van der Waals surface area (Å²) in [6.45, 7) is 3.63. The molecule has 0 saturated carbocycles. The number of carbonyl (C=O) groups is 2. The molecule has 10 nitrogen and oxygen atoms in total. The first kappa shape index (κ1) is 31.0. The first-order valence-corrected chi connectivity index (χ1v) is 11.0. The highest BCUT2D eigenvalue weighted by Gasteiger charge is 2.38. The zero-order valence-corrected chi connectivity index (χ0v) is 20.3. The van der Waals surface area contributed by atoms with Crippen LogP contribution >= 0.6 is 0 Å². The zero-order chi connectivity index (χ0) is 29.2. The van der Waals surface area contributed by atoms with Crippen molar-refractivity contribution in [2.24, 2.45) is 0 Å². The van der Waals surface area contributed by atoms with E-state index >= 15 is 0 Å². The van der Waals surface area contributed by atoms with Crippen LogP contribution < -0.4 is 4.74 Å². The summed E-state index contributed by atoms with van der Waals surface area (Å²) in [6, 6.07) is 13.9. The number of aliphatic carboxylic acids is 2. The highest BCUT2D eigenvalue weighted by molar-refractivity contribution is 5.73. The monoisotopic (exact) mass is 563 g/mol. The number of hydrogen-bond acceptors (Lipinski definition) is 7. The second kappa shape index (κ2) is 13.5. The van der Waals surface area contributed by atoms with E-state index in [0.717, 1.165) is 61.3 Å². The maximum atomic E-state index is 10.6. The summed E-state index contributed by atoms with van der Waals surface area (Å²) < 4.78 is 70.8. The Bertz CT molecular complexity index is 1180. The van der Waals surface area contributed by atoms with E-state index in [9.17, 15) is 26.3 Å².